The molecule has 0 aliphatic rings. The Morgan fingerprint density at radius 1 is 1.21 bits per heavy atom. The lowest BCUT2D eigenvalue weighted by Gasteiger charge is -2.17. The maximum atomic E-state index is 5.87. The van der Waals surface area contributed by atoms with Gasteiger partial charge in [0.05, 0.1) is 5.69 Å². The quantitative estimate of drug-likeness (QED) is 0.690. The first-order valence-electron chi connectivity index (χ1n) is 6.03. The molecule has 3 nitrogen and oxygen atoms in total. The fraction of sp³-hybridized carbons (Fsp3) is 0.200. The van der Waals surface area contributed by atoms with E-state index in [2.05, 4.69) is 15.9 Å². The van der Waals surface area contributed by atoms with Crippen molar-refractivity contribution in [1.82, 2.24) is 0 Å². The number of aryl methyl sites for hydroxylation is 1. The van der Waals surface area contributed by atoms with Crippen LogP contribution in [0.2, 0.25) is 0 Å². The predicted molar refractivity (Wildman–Crippen MR) is 82.2 cm³/mol. The van der Waals surface area contributed by atoms with Crippen LogP contribution in [0.5, 0.6) is 5.75 Å². The van der Waals surface area contributed by atoms with Crippen molar-refractivity contribution in [3.63, 3.8) is 0 Å². The first-order chi connectivity index (χ1) is 9.08. The number of ether oxygens (including phenoxy) is 1. The van der Waals surface area contributed by atoms with Crippen molar-refractivity contribution in [3.05, 3.63) is 58.1 Å². The molecule has 0 aromatic heterocycles. The lowest BCUT2D eigenvalue weighted by Crippen LogP contribution is -2.26. The second-order valence-electron chi connectivity index (χ2n) is 4.44. The minimum atomic E-state index is 0.500. The minimum absolute atomic E-state index is 0.500. The molecule has 0 spiro atoms. The molecule has 0 aliphatic heterocycles. The summed E-state index contributed by atoms with van der Waals surface area (Å²) in [6.45, 7) is 2.53. The number of anilines is 1. The molecule has 19 heavy (non-hydrogen) atoms. The van der Waals surface area contributed by atoms with Crippen LogP contribution in [0, 0.1) is 6.92 Å². The molecule has 2 aromatic rings. The third-order valence-corrected chi connectivity index (χ3v) is 3.39. The number of halogens is 1. The summed E-state index contributed by atoms with van der Waals surface area (Å²) in [4.78, 5) is 0. The summed E-state index contributed by atoms with van der Waals surface area (Å²) in [6, 6.07) is 13.9. The van der Waals surface area contributed by atoms with Gasteiger partial charge < -0.3 is 9.75 Å². The Bertz CT molecular complexity index is 570. The van der Waals surface area contributed by atoms with Gasteiger partial charge in [-0.15, -0.1) is 0 Å². The van der Waals surface area contributed by atoms with Crippen molar-refractivity contribution in [2.75, 3.05) is 12.1 Å². The van der Waals surface area contributed by atoms with Gasteiger partial charge >= 0.3 is 0 Å². The number of hydrogen-bond acceptors (Lipinski definition) is 3. The highest BCUT2D eigenvalue weighted by molar-refractivity contribution is 9.10. The SMILES string of the molecule is Cc1cc(Br)ccc1OCc1ccccc1N(C)N. The third kappa shape index (κ3) is 3.49. The molecule has 0 radical (unpaired) electrons. The van der Waals surface area contributed by atoms with Gasteiger partial charge in [0, 0.05) is 17.1 Å². The molecule has 100 valence electrons. The number of nitrogens with two attached hydrogens (primary N) is 1. The van der Waals surface area contributed by atoms with Crippen molar-refractivity contribution in [1.29, 1.82) is 0 Å². The van der Waals surface area contributed by atoms with Crippen molar-refractivity contribution in [3.8, 4) is 5.75 Å². The van der Waals surface area contributed by atoms with E-state index in [1.165, 1.54) is 0 Å². The van der Waals surface area contributed by atoms with Crippen LogP contribution in [0.3, 0.4) is 0 Å². The highest BCUT2D eigenvalue weighted by Gasteiger charge is 2.06. The second kappa shape index (κ2) is 6.08. The monoisotopic (exact) mass is 320 g/mol. The van der Waals surface area contributed by atoms with E-state index in [0.717, 1.165) is 27.0 Å². The average molecular weight is 321 g/mol. The Balaban J connectivity index is 2.14. The zero-order valence-electron chi connectivity index (χ0n) is 11.1. The molecule has 0 fully saturated rings. The Hall–Kier alpha value is -1.52. The number of para-hydroxylation sites is 1. The fourth-order valence-corrected chi connectivity index (χ4v) is 2.38. The van der Waals surface area contributed by atoms with E-state index in [0.29, 0.717) is 6.61 Å². The van der Waals surface area contributed by atoms with E-state index in [1.807, 2.05) is 56.4 Å². The molecule has 2 rings (SSSR count). The Morgan fingerprint density at radius 2 is 1.95 bits per heavy atom. The number of benzene rings is 2. The van der Waals surface area contributed by atoms with Crippen LogP contribution in [0.1, 0.15) is 11.1 Å². The predicted octanol–water partition coefficient (Wildman–Crippen LogP) is 3.65. The van der Waals surface area contributed by atoms with Gasteiger partial charge in [-0.3, -0.25) is 0 Å². The lowest BCUT2D eigenvalue weighted by molar-refractivity contribution is 0.304. The van der Waals surface area contributed by atoms with Gasteiger partial charge in [0.2, 0.25) is 0 Å². The van der Waals surface area contributed by atoms with E-state index in [4.69, 9.17) is 10.6 Å². The fourth-order valence-electron chi connectivity index (χ4n) is 1.91. The molecule has 2 N–H and O–H groups in total. The zero-order valence-corrected chi connectivity index (χ0v) is 12.6. The molecule has 0 saturated heterocycles. The Labute approximate surface area is 122 Å². The number of hydrogen-bond donors (Lipinski definition) is 1. The topological polar surface area (TPSA) is 38.5 Å². The molecule has 0 aliphatic carbocycles. The summed E-state index contributed by atoms with van der Waals surface area (Å²) >= 11 is 3.44. The average Bonchev–Trinajstić information content (AvgIpc) is 2.38. The molecule has 0 heterocycles. The first kappa shape index (κ1) is 13.9. The van der Waals surface area contributed by atoms with Crippen LogP contribution >= 0.6 is 15.9 Å². The molecule has 0 amide bonds. The van der Waals surface area contributed by atoms with Gasteiger partial charge in [0.25, 0.3) is 0 Å². The summed E-state index contributed by atoms with van der Waals surface area (Å²) < 4.78 is 6.92. The van der Waals surface area contributed by atoms with Crippen molar-refractivity contribution in [2.24, 2.45) is 5.84 Å². The smallest absolute Gasteiger partial charge is 0.122 e. The minimum Gasteiger partial charge on any atom is -0.489 e. The van der Waals surface area contributed by atoms with Crippen LogP contribution in [0.15, 0.2) is 46.9 Å². The summed E-state index contributed by atoms with van der Waals surface area (Å²) in [6.07, 6.45) is 0. The molecule has 2 aromatic carbocycles. The number of nitrogens with zero attached hydrogens (tertiary/aromatic N) is 1. The summed E-state index contributed by atoms with van der Waals surface area (Å²) in [5.41, 5.74) is 3.14. The standard InChI is InChI=1S/C15H17BrN2O/c1-11-9-13(16)7-8-15(11)19-10-12-5-3-4-6-14(12)18(2)17/h3-9H,10,17H2,1-2H3. The first-order valence-corrected chi connectivity index (χ1v) is 6.82. The largest absolute Gasteiger partial charge is 0.489 e. The lowest BCUT2D eigenvalue weighted by atomic mass is 10.2. The second-order valence-corrected chi connectivity index (χ2v) is 5.35. The maximum absolute atomic E-state index is 5.87. The number of hydrazine groups is 1. The van der Waals surface area contributed by atoms with Crippen molar-refractivity contribution >= 4 is 21.6 Å². The summed E-state index contributed by atoms with van der Waals surface area (Å²) in [5, 5.41) is 1.60. The molecule has 4 heteroatoms. The van der Waals surface area contributed by atoms with Crippen LogP contribution in [0.25, 0.3) is 0 Å². The van der Waals surface area contributed by atoms with Crippen molar-refractivity contribution in [2.45, 2.75) is 13.5 Å². The van der Waals surface area contributed by atoms with E-state index in [-0.39, 0.29) is 0 Å². The van der Waals surface area contributed by atoms with Gasteiger partial charge in [-0.1, -0.05) is 34.1 Å². The normalized spacial score (nSPS) is 10.3. The molecular weight excluding hydrogens is 304 g/mol. The van der Waals surface area contributed by atoms with Gasteiger partial charge in [0.15, 0.2) is 0 Å². The third-order valence-electron chi connectivity index (χ3n) is 2.89. The van der Waals surface area contributed by atoms with Crippen LogP contribution < -0.4 is 15.6 Å². The zero-order chi connectivity index (χ0) is 13.8. The van der Waals surface area contributed by atoms with Gasteiger partial charge in [-0.2, -0.15) is 0 Å². The van der Waals surface area contributed by atoms with E-state index in [1.54, 1.807) is 5.01 Å². The van der Waals surface area contributed by atoms with Crippen LogP contribution in [-0.4, -0.2) is 7.05 Å². The number of rotatable bonds is 4. The molecule has 0 saturated carbocycles. The highest BCUT2D eigenvalue weighted by Crippen LogP contribution is 2.24. The summed E-state index contributed by atoms with van der Waals surface area (Å²) in [7, 11) is 1.82. The molecule has 0 atom stereocenters. The Kier molecular flexibility index (Phi) is 4.45. The Morgan fingerprint density at radius 3 is 2.63 bits per heavy atom. The van der Waals surface area contributed by atoms with Gasteiger partial charge in [-0.25, -0.2) is 5.84 Å². The van der Waals surface area contributed by atoms with Crippen LogP contribution in [0.4, 0.5) is 5.69 Å². The highest BCUT2D eigenvalue weighted by atomic mass is 79.9. The molecular formula is C15H17BrN2O. The van der Waals surface area contributed by atoms with E-state index in [9.17, 15) is 0 Å². The van der Waals surface area contributed by atoms with Gasteiger partial charge in [0.1, 0.15) is 12.4 Å². The summed E-state index contributed by atoms with van der Waals surface area (Å²) in [5.74, 6) is 6.69. The van der Waals surface area contributed by atoms with Crippen molar-refractivity contribution < 1.29 is 4.74 Å². The van der Waals surface area contributed by atoms with Gasteiger partial charge in [-0.05, 0) is 36.8 Å². The van der Waals surface area contributed by atoms with E-state index < -0.39 is 0 Å². The molecule has 0 bridgehead atoms. The van der Waals surface area contributed by atoms with E-state index >= 15 is 0 Å². The van der Waals surface area contributed by atoms with Crippen LogP contribution in [-0.2, 0) is 6.61 Å². The molecule has 0 unspecified atom stereocenters. The maximum Gasteiger partial charge on any atom is 0.122 e.